The molecule has 2 unspecified atom stereocenters. The number of aliphatic hydroxyl groups excluding tert-OH is 1. The van der Waals surface area contributed by atoms with Crippen molar-refractivity contribution >= 4 is 28.4 Å². The number of aryl methyl sites for hydroxylation is 1. The monoisotopic (exact) mass is 430 g/mol. The van der Waals surface area contributed by atoms with Gasteiger partial charge in [-0.15, -0.1) is 0 Å². The molecule has 2 N–H and O–H groups in total. The van der Waals surface area contributed by atoms with E-state index in [1.807, 2.05) is 57.2 Å². The average molecular weight is 431 g/mol. The Hall–Kier alpha value is -3.54. The molecule has 1 fully saturated rings. The highest BCUT2D eigenvalue weighted by molar-refractivity contribution is 6.46. The standard InChI is InChI=1S/C26H26N2O4/c1-4-11-28-23(21-15(3)27-19-8-6-5-7-18(19)21)22(25(30)26(28)31)24(29)16-9-10-20-17(13-16)12-14(2)32-20/h5-10,13-14,23,27,29H,4,11-12H2,1-3H3/b24-22+. The molecule has 1 amide bonds. The van der Waals surface area contributed by atoms with Crippen LogP contribution in [0.5, 0.6) is 5.75 Å². The third-order valence-electron chi connectivity index (χ3n) is 6.39. The average Bonchev–Trinajstić information content (AvgIpc) is 3.38. The van der Waals surface area contributed by atoms with E-state index in [9.17, 15) is 14.7 Å². The Morgan fingerprint density at radius 1 is 1.22 bits per heavy atom. The van der Waals surface area contributed by atoms with Gasteiger partial charge in [0, 0.05) is 40.7 Å². The predicted octanol–water partition coefficient (Wildman–Crippen LogP) is 4.63. The number of ether oxygens (including phenoxy) is 1. The molecule has 6 heteroatoms. The molecule has 1 saturated heterocycles. The second kappa shape index (κ2) is 7.55. The molecule has 32 heavy (non-hydrogen) atoms. The molecule has 2 aliphatic rings. The lowest BCUT2D eigenvalue weighted by atomic mass is 9.92. The number of amides is 1. The first-order chi connectivity index (χ1) is 15.4. The first kappa shape index (κ1) is 20.4. The smallest absolute Gasteiger partial charge is 0.295 e. The lowest BCUT2D eigenvalue weighted by molar-refractivity contribution is -0.139. The lowest BCUT2D eigenvalue weighted by Gasteiger charge is -2.25. The van der Waals surface area contributed by atoms with Crippen LogP contribution in [0.4, 0.5) is 0 Å². The number of carbonyl (C=O) groups excluding carboxylic acids is 2. The van der Waals surface area contributed by atoms with Crippen LogP contribution < -0.4 is 4.74 Å². The molecule has 0 aliphatic carbocycles. The number of hydrogen-bond acceptors (Lipinski definition) is 4. The zero-order chi connectivity index (χ0) is 22.6. The van der Waals surface area contributed by atoms with Crippen LogP contribution >= 0.6 is 0 Å². The predicted molar refractivity (Wildman–Crippen MR) is 123 cm³/mol. The van der Waals surface area contributed by atoms with E-state index in [-0.39, 0.29) is 17.4 Å². The summed E-state index contributed by atoms with van der Waals surface area (Å²) < 4.78 is 5.77. The summed E-state index contributed by atoms with van der Waals surface area (Å²) in [4.78, 5) is 31.2. The summed E-state index contributed by atoms with van der Waals surface area (Å²) in [5.74, 6) is -0.555. The van der Waals surface area contributed by atoms with Crippen LogP contribution in [0.1, 0.15) is 48.7 Å². The molecule has 0 radical (unpaired) electrons. The SMILES string of the molecule is CCCN1C(=O)C(=O)/C(=C(/O)c2ccc3c(c2)CC(C)O3)C1c1c(C)[nH]c2ccccc12. The van der Waals surface area contributed by atoms with Crippen molar-refractivity contribution in [1.82, 2.24) is 9.88 Å². The summed E-state index contributed by atoms with van der Waals surface area (Å²) in [6.07, 6.45) is 1.52. The second-order valence-electron chi connectivity index (χ2n) is 8.66. The molecule has 0 saturated carbocycles. The first-order valence-electron chi connectivity index (χ1n) is 11.1. The normalized spacial score (nSPS) is 21.9. The van der Waals surface area contributed by atoms with E-state index in [4.69, 9.17) is 4.74 Å². The van der Waals surface area contributed by atoms with Crippen molar-refractivity contribution in [2.24, 2.45) is 0 Å². The van der Waals surface area contributed by atoms with Gasteiger partial charge in [-0.3, -0.25) is 9.59 Å². The van der Waals surface area contributed by atoms with E-state index >= 15 is 0 Å². The molecule has 1 aromatic heterocycles. The first-order valence-corrected chi connectivity index (χ1v) is 11.1. The van der Waals surface area contributed by atoms with Crippen LogP contribution in [0.25, 0.3) is 16.7 Å². The Morgan fingerprint density at radius 2 is 2.00 bits per heavy atom. The summed E-state index contributed by atoms with van der Waals surface area (Å²) in [5, 5.41) is 12.3. The Morgan fingerprint density at radius 3 is 2.78 bits per heavy atom. The van der Waals surface area contributed by atoms with Crippen LogP contribution in [-0.2, 0) is 16.0 Å². The number of benzene rings is 2. The van der Waals surface area contributed by atoms with E-state index in [2.05, 4.69) is 4.98 Å². The fourth-order valence-electron chi connectivity index (χ4n) is 5.03. The van der Waals surface area contributed by atoms with Crippen LogP contribution in [0.3, 0.4) is 0 Å². The van der Waals surface area contributed by atoms with Crippen molar-refractivity contribution in [2.45, 2.75) is 45.8 Å². The van der Waals surface area contributed by atoms with Gasteiger partial charge in [0.15, 0.2) is 0 Å². The van der Waals surface area contributed by atoms with Gasteiger partial charge in [0.25, 0.3) is 11.7 Å². The summed E-state index contributed by atoms with van der Waals surface area (Å²) in [7, 11) is 0. The number of fused-ring (bicyclic) bond motifs is 2. The minimum absolute atomic E-state index is 0.0754. The van der Waals surface area contributed by atoms with Crippen LogP contribution in [0.15, 0.2) is 48.0 Å². The van der Waals surface area contributed by atoms with E-state index in [0.717, 1.165) is 39.9 Å². The Bertz CT molecular complexity index is 1290. The molecule has 2 aliphatic heterocycles. The highest BCUT2D eigenvalue weighted by atomic mass is 16.5. The maximum Gasteiger partial charge on any atom is 0.295 e. The number of ketones is 1. The lowest BCUT2D eigenvalue weighted by Crippen LogP contribution is -2.30. The van der Waals surface area contributed by atoms with Gasteiger partial charge in [-0.2, -0.15) is 0 Å². The van der Waals surface area contributed by atoms with Gasteiger partial charge in [-0.1, -0.05) is 25.1 Å². The fourth-order valence-corrected chi connectivity index (χ4v) is 5.03. The van der Waals surface area contributed by atoms with Crippen LogP contribution in [-0.4, -0.2) is 39.3 Å². The maximum atomic E-state index is 13.2. The number of nitrogens with zero attached hydrogens (tertiary/aromatic N) is 1. The van der Waals surface area contributed by atoms with Gasteiger partial charge >= 0.3 is 0 Å². The minimum atomic E-state index is -0.644. The molecular formula is C26H26N2O4. The van der Waals surface area contributed by atoms with Gasteiger partial charge in [-0.05, 0) is 50.1 Å². The fraction of sp³-hybridized carbons (Fsp3) is 0.308. The van der Waals surface area contributed by atoms with E-state index in [0.29, 0.717) is 18.5 Å². The molecule has 3 heterocycles. The van der Waals surface area contributed by atoms with Crippen molar-refractivity contribution in [3.05, 3.63) is 70.4 Å². The number of Topliss-reactive ketones (excluding diaryl/α,β-unsaturated/α-hetero) is 1. The number of aromatic amines is 1. The molecule has 6 nitrogen and oxygen atoms in total. The zero-order valence-corrected chi connectivity index (χ0v) is 18.4. The number of carbonyl (C=O) groups is 2. The number of aromatic nitrogens is 1. The number of para-hydroxylation sites is 1. The molecule has 164 valence electrons. The summed E-state index contributed by atoms with van der Waals surface area (Å²) in [5.41, 5.74) is 4.32. The molecule has 0 bridgehead atoms. The van der Waals surface area contributed by atoms with Gasteiger partial charge in [0.2, 0.25) is 0 Å². The molecule has 3 aromatic rings. The number of aliphatic hydroxyl groups is 1. The van der Waals surface area contributed by atoms with Crippen molar-refractivity contribution in [1.29, 1.82) is 0 Å². The van der Waals surface area contributed by atoms with Crippen molar-refractivity contribution < 1.29 is 19.4 Å². The second-order valence-corrected chi connectivity index (χ2v) is 8.66. The number of nitrogens with one attached hydrogen (secondary N) is 1. The molecule has 5 rings (SSSR count). The zero-order valence-electron chi connectivity index (χ0n) is 18.4. The van der Waals surface area contributed by atoms with E-state index in [1.54, 1.807) is 11.0 Å². The number of hydrogen-bond donors (Lipinski definition) is 2. The summed E-state index contributed by atoms with van der Waals surface area (Å²) in [6.45, 7) is 6.34. The minimum Gasteiger partial charge on any atom is -0.507 e. The topological polar surface area (TPSA) is 82.6 Å². The van der Waals surface area contributed by atoms with Gasteiger partial charge in [0.1, 0.15) is 17.6 Å². The van der Waals surface area contributed by atoms with E-state index in [1.165, 1.54) is 0 Å². The van der Waals surface area contributed by atoms with Gasteiger partial charge in [0.05, 0.1) is 11.6 Å². The van der Waals surface area contributed by atoms with Crippen molar-refractivity contribution in [3.8, 4) is 5.75 Å². The highest BCUT2D eigenvalue weighted by Crippen LogP contribution is 2.44. The Labute approximate surface area is 186 Å². The van der Waals surface area contributed by atoms with Gasteiger partial charge < -0.3 is 19.7 Å². The third-order valence-corrected chi connectivity index (χ3v) is 6.39. The van der Waals surface area contributed by atoms with Gasteiger partial charge in [-0.25, -0.2) is 0 Å². The highest BCUT2D eigenvalue weighted by Gasteiger charge is 2.47. The third kappa shape index (κ3) is 3.01. The van der Waals surface area contributed by atoms with Crippen LogP contribution in [0, 0.1) is 6.92 Å². The van der Waals surface area contributed by atoms with Crippen molar-refractivity contribution in [2.75, 3.05) is 6.54 Å². The van der Waals surface area contributed by atoms with E-state index < -0.39 is 17.7 Å². The number of rotatable bonds is 4. The molecule has 0 spiro atoms. The quantitative estimate of drug-likeness (QED) is 0.359. The largest absolute Gasteiger partial charge is 0.507 e. The number of likely N-dealkylation sites (tertiary alicyclic amines) is 1. The molecule has 2 aromatic carbocycles. The summed E-state index contributed by atoms with van der Waals surface area (Å²) in [6, 6.07) is 12.6. The maximum absolute atomic E-state index is 13.2. The Balaban J connectivity index is 1.72. The van der Waals surface area contributed by atoms with Crippen LogP contribution in [0.2, 0.25) is 0 Å². The number of H-pyrrole nitrogens is 1. The molecule has 2 atom stereocenters. The Kier molecular flexibility index (Phi) is 4.81. The summed E-state index contributed by atoms with van der Waals surface area (Å²) >= 11 is 0. The molecular weight excluding hydrogens is 404 g/mol. The van der Waals surface area contributed by atoms with Crippen molar-refractivity contribution in [3.63, 3.8) is 0 Å².